The van der Waals surface area contributed by atoms with Gasteiger partial charge in [-0.2, -0.15) is 5.26 Å². The molecular formula is C9H19N3. The quantitative estimate of drug-likeness (QED) is 0.640. The first-order valence-electron chi connectivity index (χ1n) is 4.56. The Balaban J connectivity index is 3.36. The standard InChI is InChI=1S/C9H19N3/c1-4-9(8-10)11-6-7-12(3)5-2/h9,11H,4-7H2,1-3H3. The molecule has 0 fully saturated rings. The second-order valence-corrected chi connectivity index (χ2v) is 2.94. The second-order valence-electron chi connectivity index (χ2n) is 2.94. The Morgan fingerprint density at radius 1 is 1.50 bits per heavy atom. The third kappa shape index (κ3) is 5.11. The van der Waals surface area contributed by atoms with E-state index < -0.39 is 0 Å². The van der Waals surface area contributed by atoms with Gasteiger partial charge in [-0.05, 0) is 20.0 Å². The van der Waals surface area contributed by atoms with Gasteiger partial charge >= 0.3 is 0 Å². The number of rotatable bonds is 6. The lowest BCUT2D eigenvalue weighted by Crippen LogP contribution is -2.34. The van der Waals surface area contributed by atoms with E-state index in [0.29, 0.717) is 0 Å². The highest BCUT2D eigenvalue weighted by atomic mass is 15.1. The maximum atomic E-state index is 8.62. The molecule has 0 aliphatic rings. The molecule has 1 N–H and O–H groups in total. The third-order valence-electron chi connectivity index (χ3n) is 1.99. The van der Waals surface area contributed by atoms with E-state index in [1.807, 2.05) is 6.92 Å². The molecule has 0 aromatic carbocycles. The first-order chi connectivity index (χ1) is 5.74. The van der Waals surface area contributed by atoms with Crippen molar-refractivity contribution in [2.45, 2.75) is 26.3 Å². The summed E-state index contributed by atoms with van der Waals surface area (Å²) in [5, 5.41) is 11.8. The molecule has 0 aromatic heterocycles. The minimum Gasteiger partial charge on any atom is -0.305 e. The average Bonchev–Trinajstić information content (AvgIpc) is 2.12. The van der Waals surface area contributed by atoms with Crippen LogP contribution in [0, 0.1) is 11.3 Å². The summed E-state index contributed by atoms with van der Waals surface area (Å²) in [6.07, 6.45) is 0.881. The molecule has 0 aliphatic carbocycles. The highest BCUT2D eigenvalue weighted by molar-refractivity contribution is 4.88. The van der Waals surface area contributed by atoms with Gasteiger partial charge in [0.1, 0.15) is 0 Å². The predicted molar refractivity (Wildman–Crippen MR) is 50.9 cm³/mol. The second kappa shape index (κ2) is 7.08. The van der Waals surface area contributed by atoms with Crippen molar-refractivity contribution >= 4 is 0 Å². The van der Waals surface area contributed by atoms with E-state index in [-0.39, 0.29) is 6.04 Å². The molecule has 1 atom stereocenters. The highest BCUT2D eigenvalue weighted by Gasteiger charge is 2.01. The fraction of sp³-hybridized carbons (Fsp3) is 0.889. The van der Waals surface area contributed by atoms with E-state index in [1.54, 1.807) is 0 Å². The molecule has 0 saturated heterocycles. The van der Waals surface area contributed by atoms with Crippen LogP contribution in [0.25, 0.3) is 0 Å². The molecule has 0 rings (SSSR count). The first kappa shape index (κ1) is 11.4. The summed E-state index contributed by atoms with van der Waals surface area (Å²) in [5.41, 5.74) is 0. The highest BCUT2D eigenvalue weighted by Crippen LogP contribution is 1.87. The zero-order chi connectivity index (χ0) is 9.40. The molecule has 0 saturated carbocycles. The molecule has 0 aromatic rings. The molecule has 0 aliphatic heterocycles. The van der Waals surface area contributed by atoms with E-state index in [2.05, 4.69) is 30.3 Å². The maximum Gasteiger partial charge on any atom is 0.0950 e. The van der Waals surface area contributed by atoms with Crippen LogP contribution in [0.1, 0.15) is 20.3 Å². The van der Waals surface area contributed by atoms with Crippen molar-refractivity contribution in [3.05, 3.63) is 0 Å². The summed E-state index contributed by atoms with van der Waals surface area (Å²) in [6.45, 7) is 7.11. The molecule has 0 bridgehead atoms. The van der Waals surface area contributed by atoms with Crippen molar-refractivity contribution in [2.75, 3.05) is 26.7 Å². The van der Waals surface area contributed by atoms with Crippen molar-refractivity contribution in [1.29, 1.82) is 5.26 Å². The zero-order valence-corrected chi connectivity index (χ0v) is 8.30. The van der Waals surface area contributed by atoms with E-state index in [1.165, 1.54) is 0 Å². The maximum absolute atomic E-state index is 8.62. The summed E-state index contributed by atoms with van der Waals surface area (Å²) in [5.74, 6) is 0. The lowest BCUT2D eigenvalue weighted by molar-refractivity contribution is 0.344. The molecule has 0 amide bonds. The Bertz CT molecular complexity index is 139. The predicted octanol–water partition coefficient (Wildman–Crippen LogP) is 0.830. The number of nitrogens with one attached hydrogen (secondary N) is 1. The SMILES string of the molecule is CCC(C#N)NCCN(C)CC. The molecule has 1 unspecified atom stereocenters. The average molecular weight is 169 g/mol. The summed E-state index contributed by atoms with van der Waals surface area (Å²) in [7, 11) is 2.08. The van der Waals surface area contributed by atoms with Gasteiger partial charge in [0.25, 0.3) is 0 Å². The topological polar surface area (TPSA) is 39.1 Å². The molecule has 3 heteroatoms. The van der Waals surface area contributed by atoms with Crippen LogP contribution in [-0.4, -0.2) is 37.6 Å². The molecular weight excluding hydrogens is 150 g/mol. The van der Waals surface area contributed by atoms with Crippen LogP contribution in [0.2, 0.25) is 0 Å². The minimum absolute atomic E-state index is 0.0234. The Hall–Kier alpha value is -0.590. The molecule has 3 nitrogen and oxygen atoms in total. The Morgan fingerprint density at radius 3 is 2.58 bits per heavy atom. The Kier molecular flexibility index (Phi) is 6.73. The monoisotopic (exact) mass is 169 g/mol. The summed E-state index contributed by atoms with van der Waals surface area (Å²) in [6, 6.07) is 2.24. The largest absolute Gasteiger partial charge is 0.305 e. The number of hydrogen-bond donors (Lipinski definition) is 1. The van der Waals surface area contributed by atoms with Gasteiger partial charge in [-0.1, -0.05) is 13.8 Å². The number of hydrogen-bond acceptors (Lipinski definition) is 3. The van der Waals surface area contributed by atoms with Crippen molar-refractivity contribution in [3.8, 4) is 6.07 Å². The van der Waals surface area contributed by atoms with Gasteiger partial charge in [0.15, 0.2) is 0 Å². The third-order valence-corrected chi connectivity index (χ3v) is 1.99. The summed E-state index contributed by atoms with van der Waals surface area (Å²) >= 11 is 0. The van der Waals surface area contributed by atoms with E-state index >= 15 is 0 Å². The van der Waals surface area contributed by atoms with Crippen molar-refractivity contribution in [1.82, 2.24) is 10.2 Å². The van der Waals surface area contributed by atoms with Crippen molar-refractivity contribution in [2.24, 2.45) is 0 Å². The van der Waals surface area contributed by atoms with Gasteiger partial charge in [0, 0.05) is 13.1 Å². The van der Waals surface area contributed by atoms with Gasteiger partial charge in [-0.3, -0.25) is 0 Å². The lowest BCUT2D eigenvalue weighted by Gasteiger charge is -2.15. The Morgan fingerprint density at radius 2 is 2.17 bits per heavy atom. The van der Waals surface area contributed by atoms with Crippen molar-refractivity contribution in [3.63, 3.8) is 0 Å². The van der Waals surface area contributed by atoms with E-state index in [0.717, 1.165) is 26.1 Å². The van der Waals surface area contributed by atoms with Gasteiger partial charge in [0.05, 0.1) is 12.1 Å². The van der Waals surface area contributed by atoms with Gasteiger partial charge in [-0.15, -0.1) is 0 Å². The number of nitriles is 1. The summed E-state index contributed by atoms with van der Waals surface area (Å²) < 4.78 is 0. The van der Waals surface area contributed by atoms with Crippen molar-refractivity contribution < 1.29 is 0 Å². The zero-order valence-electron chi connectivity index (χ0n) is 8.30. The van der Waals surface area contributed by atoms with Crippen LogP contribution >= 0.6 is 0 Å². The van der Waals surface area contributed by atoms with Gasteiger partial charge in [0.2, 0.25) is 0 Å². The molecule has 0 spiro atoms. The molecule has 0 heterocycles. The smallest absolute Gasteiger partial charge is 0.0950 e. The van der Waals surface area contributed by atoms with Crippen LogP contribution in [0.5, 0.6) is 0 Å². The first-order valence-corrected chi connectivity index (χ1v) is 4.56. The van der Waals surface area contributed by atoms with Crippen LogP contribution in [-0.2, 0) is 0 Å². The minimum atomic E-state index is 0.0234. The normalized spacial score (nSPS) is 12.9. The Labute approximate surface area is 75.4 Å². The van der Waals surface area contributed by atoms with Crippen LogP contribution in [0.3, 0.4) is 0 Å². The van der Waals surface area contributed by atoms with Crippen LogP contribution in [0.4, 0.5) is 0 Å². The number of likely N-dealkylation sites (N-methyl/N-ethyl adjacent to an activating group) is 1. The molecule has 70 valence electrons. The van der Waals surface area contributed by atoms with Gasteiger partial charge < -0.3 is 10.2 Å². The van der Waals surface area contributed by atoms with Crippen LogP contribution < -0.4 is 5.32 Å². The van der Waals surface area contributed by atoms with E-state index in [4.69, 9.17) is 5.26 Å². The van der Waals surface area contributed by atoms with Crippen LogP contribution in [0.15, 0.2) is 0 Å². The molecule has 0 radical (unpaired) electrons. The van der Waals surface area contributed by atoms with Gasteiger partial charge in [-0.25, -0.2) is 0 Å². The van der Waals surface area contributed by atoms with E-state index in [9.17, 15) is 0 Å². The fourth-order valence-corrected chi connectivity index (χ4v) is 0.869. The molecule has 12 heavy (non-hydrogen) atoms. The lowest BCUT2D eigenvalue weighted by atomic mass is 10.2. The number of nitrogens with zero attached hydrogens (tertiary/aromatic N) is 2. The summed E-state index contributed by atoms with van der Waals surface area (Å²) in [4.78, 5) is 2.22. The fourth-order valence-electron chi connectivity index (χ4n) is 0.869.